The molecule has 0 amide bonds. The lowest BCUT2D eigenvalue weighted by Gasteiger charge is -2.19. The van der Waals surface area contributed by atoms with E-state index >= 15 is 0 Å². The van der Waals surface area contributed by atoms with Crippen molar-refractivity contribution in [2.75, 3.05) is 0 Å². The summed E-state index contributed by atoms with van der Waals surface area (Å²) in [6.07, 6.45) is 0. The summed E-state index contributed by atoms with van der Waals surface area (Å²) in [7, 11) is 0. The standard InChI is InChI=1S/C10H11BrO2/c1-10(2,9(12)13)7-4-3-5-8(11)6-7/h3-6H,1-2H3,(H,12,13). The van der Waals surface area contributed by atoms with Gasteiger partial charge in [-0.2, -0.15) is 0 Å². The van der Waals surface area contributed by atoms with E-state index in [-0.39, 0.29) is 0 Å². The monoisotopic (exact) mass is 242 g/mol. The Morgan fingerprint density at radius 2 is 2.08 bits per heavy atom. The zero-order valence-corrected chi connectivity index (χ0v) is 9.13. The van der Waals surface area contributed by atoms with Gasteiger partial charge in [-0.15, -0.1) is 0 Å². The van der Waals surface area contributed by atoms with Crippen LogP contribution in [-0.2, 0) is 10.2 Å². The molecule has 0 radical (unpaired) electrons. The second-order valence-electron chi connectivity index (χ2n) is 3.44. The molecule has 0 bridgehead atoms. The first-order valence-electron chi connectivity index (χ1n) is 3.94. The van der Waals surface area contributed by atoms with Gasteiger partial charge >= 0.3 is 5.97 Å². The predicted octanol–water partition coefficient (Wildman–Crippen LogP) is 2.81. The van der Waals surface area contributed by atoms with Gasteiger partial charge in [-0.05, 0) is 31.5 Å². The highest BCUT2D eigenvalue weighted by Gasteiger charge is 2.29. The number of aliphatic carboxylic acids is 1. The van der Waals surface area contributed by atoms with Crippen LogP contribution in [0.3, 0.4) is 0 Å². The molecule has 0 spiro atoms. The molecule has 0 aliphatic carbocycles. The molecule has 13 heavy (non-hydrogen) atoms. The van der Waals surface area contributed by atoms with E-state index in [9.17, 15) is 4.79 Å². The van der Waals surface area contributed by atoms with Gasteiger partial charge in [0, 0.05) is 4.47 Å². The van der Waals surface area contributed by atoms with E-state index in [0.29, 0.717) is 0 Å². The van der Waals surface area contributed by atoms with Crippen molar-refractivity contribution in [3.63, 3.8) is 0 Å². The van der Waals surface area contributed by atoms with Crippen LogP contribution in [0.2, 0.25) is 0 Å². The van der Waals surface area contributed by atoms with E-state index < -0.39 is 11.4 Å². The Morgan fingerprint density at radius 1 is 1.46 bits per heavy atom. The van der Waals surface area contributed by atoms with Crippen LogP contribution in [0.15, 0.2) is 28.7 Å². The summed E-state index contributed by atoms with van der Waals surface area (Å²) in [6.45, 7) is 3.38. The minimum absolute atomic E-state index is 0.800. The van der Waals surface area contributed by atoms with Crippen molar-refractivity contribution in [3.8, 4) is 0 Å². The van der Waals surface area contributed by atoms with Gasteiger partial charge in [-0.1, -0.05) is 28.1 Å². The summed E-state index contributed by atoms with van der Waals surface area (Å²) in [4.78, 5) is 10.9. The minimum Gasteiger partial charge on any atom is -0.481 e. The van der Waals surface area contributed by atoms with Crippen LogP contribution in [0, 0.1) is 0 Å². The van der Waals surface area contributed by atoms with E-state index in [1.54, 1.807) is 13.8 Å². The molecule has 0 fully saturated rings. The molecule has 3 heteroatoms. The zero-order chi connectivity index (χ0) is 10.1. The minimum atomic E-state index is -0.830. The van der Waals surface area contributed by atoms with Crippen LogP contribution in [0.5, 0.6) is 0 Å². The van der Waals surface area contributed by atoms with E-state index in [1.807, 2.05) is 24.3 Å². The van der Waals surface area contributed by atoms with Gasteiger partial charge in [-0.3, -0.25) is 4.79 Å². The van der Waals surface area contributed by atoms with Gasteiger partial charge in [0.1, 0.15) is 0 Å². The highest BCUT2D eigenvalue weighted by atomic mass is 79.9. The number of hydrogen-bond acceptors (Lipinski definition) is 1. The fraction of sp³-hybridized carbons (Fsp3) is 0.300. The molecular weight excluding hydrogens is 232 g/mol. The highest BCUT2D eigenvalue weighted by molar-refractivity contribution is 9.10. The SMILES string of the molecule is CC(C)(C(=O)O)c1cccc(Br)c1. The van der Waals surface area contributed by atoms with Crippen molar-refractivity contribution in [2.45, 2.75) is 19.3 Å². The number of hydrogen-bond donors (Lipinski definition) is 1. The number of carboxylic acid groups (broad SMARTS) is 1. The summed E-state index contributed by atoms with van der Waals surface area (Å²) < 4.78 is 0.902. The topological polar surface area (TPSA) is 37.3 Å². The van der Waals surface area contributed by atoms with Crippen LogP contribution < -0.4 is 0 Å². The van der Waals surface area contributed by atoms with Crippen molar-refractivity contribution in [1.82, 2.24) is 0 Å². The van der Waals surface area contributed by atoms with Crippen molar-refractivity contribution >= 4 is 21.9 Å². The van der Waals surface area contributed by atoms with Gasteiger partial charge < -0.3 is 5.11 Å². The van der Waals surface area contributed by atoms with Gasteiger partial charge in [0.2, 0.25) is 0 Å². The molecular formula is C10H11BrO2. The number of halogens is 1. The third-order valence-electron chi connectivity index (χ3n) is 2.08. The lowest BCUT2D eigenvalue weighted by molar-refractivity contribution is -0.142. The van der Waals surface area contributed by atoms with Crippen LogP contribution in [0.1, 0.15) is 19.4 Å². The van der Waals surface area contributed by atoms with Crippen LogP contribution in [0.25, 0.3) is 0 Å². The fourth-order valence-electron chi connectivity index (χ4n) is 1.00. The summed E-state index contributed by atoms with van der Waals surface area (Å²) >= 11 is 3.31. The molecule has 0 atom stereocenters. The Labute approximate surface area is 85.7 Å². The Morgan fingerprint density at radius 3 is 2.54 bits per heavy atom. The lowest BCUT2D eigenvalue weighted by atomic mass is 9.85. The second-order valence-corrected chi connectivity index (χ2v) is 4.36. The first kappa shape index (κ1) is 10.3. The molecule has 1 rings (SSSR count). The predicted molar refractivity (Wildman–Crippen MR) is 54.8 cm³/mol. The van der Waals surface area contributed by atoms with Gasteiger partial charge in [0.05, 0.1) is 5.41 Å². The molecule has 0 aliphatic heterocycles. The first-order valence-corrected chi connectivity index (χ1v) is 4.73. The molecule has 0 aliphatic rings. The first-order chi connectivity index (χ1) is 5.94. The maximum atomic E-state index is 10.9. The Kier molecular flexibility index (Phi) is 2.76. The van der Waals surface area contributed by atoms with E-state index in [1.165, 1.54) is 0 Å². The average Bonchev–Trinajstić information content (AvgIpc) is 2.04. The molecule has 1 aromatic carbocycles. The Balaban J connectivity index is 3.14. The average molecular weight is 243 g/mol. The third kappa shape index (κ3) is 2.10. The van der Waals surface area contributed by atoms with E-state index in [0.717, 1.165) is 10.0 Å². The van der Waals surface area contributed by atoms with Crippen molar-refractivity contribution in [1.29, 1.82) is 0 Å². The molecule has 2 nitrogen and oxygen atoms in total. The lowest BCUT2D eigenvalue weighted by Crippen LogP contribution is -2.28. The van der Waals surface area contributed by atoms with E-state index in [2.05, 4.69) is 15.9 Å². The number of carboxylic acids is 1. The molecule has 0 aromatic heterocycles. The second kappa shape index (κ2) is 3.50. The molecule has 0 unspecified atom stereocenters. The molecule has 1 aromatic rings. The van der Waals surface area contributed by atoms with Crippen LogP contribution in [-0.4, -0.2) is 11.1 Å². The quantitative estimate of drug-likeness (QED) is 0.867. The van der Waals surface area contributed by atoms with Crippen LogP contribution in [0.4, 0.5) is 0 Å². The van der Waals surface area contributed by atoms with Gasteiger partial charge in [-0.25, -0.2) is 0 Å². The fourth-order valence-corrected chi connectivity index (χ4v) is 1.40. The maximum Gasteiger partial charge on any atom is 0.313 e. The van der Waals surface area contributed by atoms with Crippen molar-refractivity contribution < 1.29 is 9.90 Å². The zero-order valence-electron chi connectivity index (χ0n) is 7.54. The normalized spacial score (nSPS) is 11.3. The molecule has 1 N–H and O–H groups in total. The molecule has 0 saturated heterocycles. The molecule has 70 valence electrons. The van der Waals surface area contributed by atoms with Crippen LogP contribution >= 0.6 is 15.9 Å². The smallest absolute Gasteiger partial charge is 0.313 e. The number of rotatable bonds is 2. The van der Waals surface area contributed by atoms with E-state index in [4.69, 9.17) is 5.11 Å². The Bertz CT molecular complexity index is 331. The summed E-state index contributed by atoms with van der Waals surface area (Å²) in [5.41, 5.74) is -0.0292. The van der Waals surface area contributed by atoms with Crippen molar-refractivity contribution in [2.24, 2.45) is 0 Å². The van der Waals surface area contributed by atoms with Gasteiger partial charge in [0.15, 0.2) is 0 Å². The number of carbonyl (C=O) groups is 1. The molecule has 0 heterocycles. The molecule has 0 saturated carbocycles. The summed E-state index contributed by atoms with van der Waals surface area (Å²) in [6, 6.07) is 7.36. The summed E-state index contributed by atoms with van der Waals surface area (Å²) in [5, 5.41) is 8.97. The Hall–Kier alpha value is -0.830. The van der Waals surface area contributed by atoms with Gasteiger partial charge in [0.25, 0.3) is 0 Å². The summed E-state index contributed by atoms with van der Waals surface area (Å²) in [5.74, 6) is -0.814. The highest BCUT2D eigenvalue weighted by Crippen LogP contribution is 2.25. The number of benzene rings is 1. The van der Waals surface area contributed by atoms with Crippen molar-refractivity contribution in [3.05, 3.63) is 34.3 Å². The maximum absolute atomic E-state index is 10.9. The largest absolute Gasteiger partial charge is 0.481 e. The third-order valence-corrected chi connectivity index (χ3v) is 2.57.